The molecule has 2 heterocycles. The third kappa shape index (κ3) is 9.37. The lowest BCUT2D eigenvalue weighted by molar-refractivity contribution is -0.141. The van der Waals surface area contributed by atoms with Crippen LogP contribution in [-0.2, 0) is 19.1 Å². The van der Waals surface area contributed by atoms with Crippen LogP contribution in [0, 0.1) is 29.7 Å². The van der Waals surface area contributed by atoms with E-state index in [4.69, 9.17) is 25.5 Å². The summed E-state index contributed by atoms with van der Waals surface area (Å²) >= 11 is 5.16. The van der Waals surface area contributed by atoms with E-state index in [-0.39, 0.29) is 36.3 Å². The standard InChI is InChI=1S/C34H44N2O6S4/c1-8-14-16-21(10-3)19-41-31(37)23(18-35)33-43-27-25(39-12-5)29-30(26(40-13-6)28(27)44-33)46-34(45-29)24(36-7)32(38)42-20-22(11-4)17-15-9-2/h21-22H,8-17,19-20H2,1-6H3. The maximum absolute atomic E-state index is 13.1. The molecule has 0 amide bonds. The predicted octanol–water partition coefficient (Wildman–Crippen LogP) is 10.2. The van der Waals surface area contributed by atoms with Crippen LogP contribution in [0.4, 0.5) is 0 Å². The molecule has 2 unspecified atom stereocenters. The average molecular weight is 705 g/mol. The van der Waals surface area contributed by atoms with Crippen LogP contribution in [0.25, 0.3) is 4.85 Å². The van der Waals surface area contributed by atoms with Crippen LogP contribution in [-0.4, -0.2) is 38.4 Å². The second-order valence-electron chi connectivity index (χ2n) is 10.8. The monoisotopic (exact) mass is 704 g/mol. The van der Waals surface area contributed by atoms with E-state index in [1.165, 1.54) is 47.0 Å². The van der Waals surface area contributed by atoms with Crippen molar-refractivity contribution in [3.63, 3.8) is 0 Å². The number of fused-ring (bicyclic) bond motifs is 2. The zero-order chi connectivity index (χ0) is 33.6. The van der Waals surface area contributed by atoms with E-state index in [0.717, 1.165) is 70.9 Å². The van der Waals surface area contributed by atoms with Crippen LogP contribution in [0.3, 0.4) is 0 Å². The number of hydrogen-bond acceptors (Lipinski definition) is 11. The van der Waals surface area contributed by atoms with E-state index in [0.29, 0.717) is 33.2 Å². The molecule has 0 radical (unpaired) electrons. The van der Waals surface area contributed by atoms with Crippen LogP contribution in [0.15, 0.2) is 39.3 Å². The summed E-state index contributed by atoms with van der Waals surface area (Å²) in [5.41, 5.74) is -0.0915. The molecule has 0 aromatic heterocycles. The Morgan fingerprint density at radius 3 is 1.54 bits per heavy atom. The van der Waals surface area contributed by atoms with E-state index >= 15 is 0 Å². The molecule has 12 heteroatoms. The summed E-state index contributed by atoms with van der Waals surface area (Å²) in [5.74, 6) is 0.432. The lowest BCUT2D eigenvalue weighted by atomic mass is 10.0. The van der Waals surface area contributed by atoms with Gasteiger partial charge in [0.2, 0.25) is 0 Å². The Morgan fingerprint density at radius 2 is 1.17 bits per heavy atom. The highest BCUT2D eigenvalue weighted by atomic mass is 32.2. The highest BCUT2D eigenvalue weighted by Crippen LogP contribution is 2.68. The van der Waals surface area contributed by atoms with Gasteiger partial charge in [0.15, 0.2) is 5.57 Å². The fraction of sp³-hybridized carbons (Fsp3) is 0.588. The second kappa shape index (κ2) is 19.4. The molecule has 2 aliphatic heterocycles. The molecule has 1 aromatic carbocycles. The van der Waals surface area contributed by atoms with Crippen molar-refractivity contribution in [3.05, 3.63) is 31.2 Å². The van der Waals surface area contributed by atoms with Gasteiger partial charge in [-0.1, -0.05) is 113 Å². The largest absolute Gasteiger partial charge is 0.491 e. The molecule has 0 fully saturated rings. The summed E-state index contributed by atoms with van der Waals surface area (Å²) in [7, 11) is 0. The summed E-state index contributed by atoms with van der Waals surface area (Å²) in [4.78, 5) is 32.8. The Labute approximate surface area is 291 Å². The third-order valence-electron chi connectivity index (χ3n) is 7.60. The van der Waals surface area contributed by atoms with Gasteiger partial charge in [0, 0.05) is 0 Å². The summed E-state index contributed by atoms with van der Waals surface area (Å²) in [6.45, 7) is 21.4. The van der Waals surface area contributed by atoms with Crippen molar-refractivity contribution in [2.75, 3.05) is 26.4 Å². The smallest absolute Gasteiger partial charge is 0.350 e. The van der Waals surface area contributed by atoms with Gasteiger partial charge in [-0.15, -0.1) is 0 Å². The molecule has 2 atom stereocenters. The minimum Gasteiger partial charge on any atom is -0.491 e. The van der Waals surface area contributed by atoms with Crippen LogP contribution in [0.2, 0.25) is 0 Å². The Kier molecular flexibility index (Phi) is 16.1. The second-order valence-corrected chi connectivity index (χ2v) is 15.4. The molecule has 0 N–H and O–H groups in total. The van der Waals surface area contributed by atoms with Crippen molar-refractivity contribution in [1.29, 1.82) is 5.26 Å². The highest BCUT2D eigenvalue weighted by molar-refractivity contribution is 8.26. The van der Waals surface area contributed by atoms with Crippen molar-refractivity contribution < 1.29 is 28.5 Å². The zero-order valence-electron chi connectivity index (χ0n) is 27.6. The fourth-order valence-electron chi connectivity index (χ4n) is 4.82. The summed E-state index contributed by atoms with van der Waals surface area (Å²) in [5, 5.41) is 10.0. The van der Waals surface area contributed by atoms with E-state index in [9.17, 15) is 14.9 Å². The van der Waals surface area contributed by atoms with Gasteiger partial charge in [-0.25, -0.2) is 9.64 Å². The van der Waals surface area contributed by atoms with Gasteiger partial charge in [-0.3, -0.25) is 4.79 Å². The van der Waals surface area contributed by atoms with Gasteiger partial charge in [0.25, 0.3) is 5.70 Å². The van der Waals surface area contributed by atoms with E-state index < -0.39 is 11.9 Å². The van der Waals surface area contributed by atoms with Crippen LogP contribution in [0.5, 0.6) is 11.5 Å². The number of benzene rings is 1. The van der Waals surface area contributed by atoms with Crippen molar-refractivity contribution in [2.24, 2.45) is 11.8 Å². The fourth-order valence-corrected chi connectivity index (χ4v) is 10.2. The minimum absolute atomic E-state index is 0.0372. The first-order valence-corrected chi connectivity index (χ1v) is 19.4. The number of nitriles is 1. The first-order valence-electron chi connectivity index (χ1n) is 16.1. The van der Waals surface area contributed by atoms with E-state index in [1.54, 1.807) is 0 Å². The van der Waals surface area contributed by atoms with Crippen LogP contribution < -0.4 is 9.47 Å². The number of hydrogen-bond donors (Lipinski definition) is 0. The molecule has 1 aromatic rings. The molecular weight excluding hydrogens is 661 g/mol. The maximum Gasteiger partial charge on any atom is 0.350 e. The third-order valence-corrected chi connectivity index (χ3v) is 12.8. The topological polar surface area (TPSA) is 99.2 Å². The molecule has 0 saturated carbocycles. The summed E-state index contributed by atoms with van der Waals surface area (Å²) in [6, 6.07) is 2.08. The minimum atomic E-state index is -0.627. The van der Waals surface area contributed by atoms with Crippen molar-refractivity contribution >= 4 is 59.0 Å². The zero-order valence-corrected chi connectivity index (χ0v) is 30.9. The SMILES string of the molecule is [C-]#[N+]C(C(=O)OCC(CC)CCCC)=C1Sc2c(OCC)c3c(c(OCC)c2S1)SC(=C(C#N)C(=O)OCC(CC)CCCC)S3. The number of ether oxygens (including phenoxy) is 4. The Hall–Kier alpha value is -2.38. The highest BCUT2D eigenvalue weighted by Gasteiger charge is 2.40. The number of carbonyl (C=O) groups is 2. The molecule has 0 spiro atoms. The number of carbonyl (C=O) groups excluding carboxylic acids is 2. The quantitative estimate of drug-likeness (QED) is 0.0632. The van der Waals surface area contributed by atoms with Gasteiger partial charge in [-0.05, 0) is 38.5 Å². The molecule has 2 aliphatic rings. The average Bonchev–Trinajstić information content (AvgIpc) is 3.69. The van der Waals surface area contributed by atoms with Gasteiger partial charge >= 0.3 is 11.9 Å². The number of nitrogens with zero attached hydrogens (tertiary/aromatic N) is 2. The Bertz CT molecular complexity index is 1270. The lowest BCUT2D eigenvalue weighted by Gasteiger charge is -2.16. The molecule has 3 rings (SSSR count). The number of unbranched alkanes of at least 4 members (excludes halogenated alkanes) is 2. The van der Waals surface area contributed by atoms with Gasteiger partial charge in [-0.2, -0.15) is 5.26 Å². The molecule has 250 valence electrons. The van der Waals surface area contributed by atoms with Crippen molar-refractivity contribution in [2.45, 2.75) is 112 Å². The Balaban J connectivity index is 1.95. The first kappa shape index (κ1) is 38.1. The van der Waals surface area contributed by atoms with Gasteiger partial charge in [0.05, 0.1) is 61.1 Å². The van der Waals surface area contributed by atoms with Crippen LogP contribution in [0.1, 0.15) is 92.9 Å². The van der Waals surface area contributed by atoms with Crippen molar-refractivity contribution in [1.82, 2.24) is 0 Å². The maximum atomic E-state index is 13.1. The molecule has 0 aliphatic carbocycles. The van der Waals surface area contributed by atoms with Gasteiger partial charge < -0.3 is 18.9 Å². The molecule has 0 saturated heterocycles. The van der Waals surface area contributed by atoms with E-state index in [1.807, 2.05) is 13.8 Å². The van der Waals surface area contributed by atoms with Crippen molar-refractivity contribution in [3.8, 4) is 17.6 Å². The molecular formula is C34H44N2O6S4. The predicted molar refractivity (Wildman–Crippen MR) is 187 cm³/mol. The summed E-state index contributed by atoms with van der Waals surface area (Å²) in [6.07, 6.45) is 8.06. The number of rotatable bonds is 18. The Morgan fingerprint density at radius 1 is 0.739 bits per heavy atom. The molecule has 8 nitrogen and oxygen atoms in total. The number of thioether (sulfide) groups is 4. The lowest BCUT2D eigenvalue weighted by Crippen LogP contribution is -2.15. The number of esters is 2. The molecule has 0 bridgehead atoms. The normalized spacial score (nSPS) is 14.4. The van der Waals surface area contributed by atoms with Gasteiger partial charge in [0.1, 0.15) is 17.6 Å². The molecule has 46 heavy (non-hydrogen) atoms. The van der Waals surface area contributed by atoms with E-state index in [2.05, 4.69) is 38.6 Å². The summed E-state index contributed by atoms with van der Waals surface area (Å²) < 4.78 is 24.6. The van der Waals surface area contributed by atoms with Crippen LogP contribution >= 0.6 is 47.0 Å². The first-order chi connectivity index (χ1) is 22.3.